The zero-order valence-corrected chi connectivity index (χ0v) is 11.4. The number of rotatable bonds is 3. The maximum atomic E-state index is 12.1. The molecule has 0 spiro atoms. The van der Waals surface area contributed by atoms with Gasteiger partial charge in [0.15, 0.2) is 0 Å². The molecule has 1 aromatic carbocycles. The fraction of sp³-hybridized carbons (Fsp3) is 0.533. The number of amides is 1. The van der Waals surface area contributed by atoms with Crippen LogP contribution in [0.25, 0.3) is 0 Å². The van der Waals surface area contributed by atoms with Gasteiger partial charge in [-0.15, -0.1) is 0 Å². The number of aliphatic hydroxyl groups excluding tert-OH is 1. The molecule has 4 nitrogen and oxygen atoms in total. The van der Waals surface area contributed by atoms with E-state index in [1.807, 2.05) is 13.0 Å². The number of aliphatic hydroxyl groups is 1. The van der Waals surface area contributed by atoms with Crippen molar-refractivity contribution in [1.29, 1.82) is 0 Å². The molecule has 4 N–H and O–H groups in total. The summed E-state index contributed by atoms with van der Waals surface area (Å²) in [6.07, 6.45) is 3.59. The van der Waals surface area contributed by atoms with Gasteiger partial charge in [-0.2, -0.15) is 0 Å². The van der Waals surface area contributed by atoms with E-state index in [9.17, 15) is 9.90 Å². The molecule has 104 valence electrons. The molecule has 1 aliphatic rings. The quantitative estimate of drug-likeness (QED) is 0.728. The van der Waals surface area contributed by atoms with Crippen LogP contribution in [-0.4, -0.2) is 23.7 Å². The average Bonchev–Trinajstić information content (AvgIpc) is 2.39. The van der Waals surface area contributed by atoms with E-state index in [1.165, 1.54) is 0 Å². The molecular formula is C15H22N2O2. The normalized spacial score (nSPS) is 23.1. The maximum Gasteiger partial charge on any atom is 0.251 e. The van der Waals surface area contributed by atoms with Crippen molar-refractivity contribution in [3.8, 4) is 0 Å². The van der Waals surface area contributed by atoms with Crippen molar-refractivity contribution in [3.05, 3.63) is 29.3 Å². The summed E-state index contributed by atoms with van der Waals surface area (Å²) in [7, 11) is 0. The van der Waals surface area contributed by atoms with Crippen LogP contribution in [0, 0.1) is 12.8 Å². The number of nitrogens with one attached hydrogen (secondary N) is 1. The highest BCUT2D eigenvalue weighted by atomic mass is 16.3. The van der Waals surface area contributed by atoms with Crippen molar-refractivity contribution in [2.45, 2.75) is 38.7 Å². The van der Waals surface area contributed by atoms with Crippen molar-refractivity contribution < 1.29 is 9.90 Å². The van der Waals surface area contributed by atoms with Gasteiger partial charge in [0.25, 0.3) is 5.91 Å². The van der Waals surface area contributed by atoms with Gasteiger partial charge in [-0.3, -0.25) is 4.79 Å². The highest BCUT2D eigenvalue weighted by molar-refractivity contribution is 5.96. The van der Waals surface area contributed by atoms with Gasteiger partial charge >= 0.3 is 0 Å². The molecule has 0 radical (unpaired) electrons. The molecule has 0 heterocycles. The lowest BCUT2D eigenvalue weighted by Crippen LogP contribution is -2.33. The van der Waals surface area contributed by atoms with E-state index in [0.29, 0.717) is 23.7 Å². The maximum absolute atomic E-state index is 12.1. The SMILES string of the molecule is Cc1ccc(N)cc1C(=O)NCC1CCCC(O)C1. The lowest BCUT2D eigenvalue weighted by atomic mass is 9.87. The van der Waals surface area contributed by atoms with Crippen LogP contribution in [0.5, 0.6) is 0 Å². The molecule has 1 fully saturated rings. The van der Waals surface area contributed by atoms with Crippen molar-refractivity contribution in [3.63, 3.8) is 0 Å². The van der Waals surface area contributed by atoms with Crippen LogP contribution < -0.4 is 11.1 Å². The van der Waals surface area contributed by atoms with E-state index in [-0.39, 0.29) is 12.0 Å². The number of nitrogens with two attached hydrogens (primary N) is 1. The van der Waals surface area contributed by atoms with Gasteiger partial charge in [0, 0.05) is 17.8 Å². The minimum absolute atomic E-state index is 0.0788. The zero-order valence-electron chi connectivity index (χ0n) is 11.4. The minimum atomic E-state index is -0.204. The number of carbonyl (C=O) groups is 1. The first-order chi connectivity index (χ1) is 9.06. The van der Waals surface area contributed by atoms with E-state index in [2.05, 4.69) is 5.32 Å². The standard InChI is InChI=1S/C15H22N2O2/c1-10-5-6-12(16)8-14(10)15(19)17-9-11-3-2-4-13(18)7-11/h5-6,8,11,13,18H,2-4,7,9,16H2,1H3,(H,17,19). The average molecular weight is 262 g/mol. The highest BCUT2D eigenvalue weighted by Crippen LogP contribution is 2.23. The molecule has 1 amide bonds. The van der Waals surface area contributed by atoms with Gasteiger partial charge in [0.2, 0.25) is 0 Å². The Kier molecular flexibility index (Phi) is 4.43. The predicted octanol–water partition coefficient (Wildman–Crippen LogP) is 1.86. The van der Waals surface area contributed by atoms with Crippen LogP contribution in [0.15, 0.2) is 18.2 Å². The third-order valence-corrected chi connectivity index (χ3v) is 3.81. The van der Waals surface area contributed by atoms with E-state index in [0.717, 1.165) is 31.2 Å². The summed E-state index contributed by atoms with van der Waals surface area (Å²) in [6.45, 7) is 2.53. The van der Waals surface area contributed by atoms with Crippen LogP contribution in [-0.2, 0) is 0 Å². The summed E-state index contributed by atoms with van der Waals surface area (Å²) >= 11 is 0. The summed E-state index contributed by atoms with van der Waals surface area (Å²) in [5.41, 5.74) is 7.87. The summed E-state index contributed by atoms with van der Waals surface area (Å²) < 4.78 is 0. The van der Waals surface area contributed by atoms with Gasteiger partial charge in [0.05, 0.1) is 6.10 Å². The molecule has 2 rings (SSSR count). The Balaban J connectivity index is 1.92. The number of carbonyl (C=O) groups excluding carboxylic acids is 1. The van der Waals surface area contributed by atoms with E-state index < -0.39 is 0 Å². The second kappa shape index (κ2) is 6.06. The van der Waals surface area contributed by atoms with Crippen LogP contribution >= 0.6 is 0 Å². The fourth-order valence-electron chi connectivity index (χ4n) is 2.66. The number of anilines is 1. The van der Waals surface area contributed by atoms with E-state index in [4.69, 9.17) is 5.73 Å². The summed E-state index contributed by atoms with van der Waals surface area (Å²) in [5, 5.41) is 12.6. The first kappa shape index (κ1) is 13.9. The van der Waals surface area contributed by atoms with Gasteiger partial charge in [-0.25, -0.2) is 0 Å². The monoisotopic (exact) mass is 262 g/mol. The van der Waals surface area contributed by atoms with Gasteiger partial charge in [0.1, 0.15) is 0 Å². The minimum Gasteiger partial charge on any atom is -0.399 e. The zero-order chi connectivity index (χ0) is 13.8. The van der Waals surface area contributed by atoms with E-state index >= 15 is 0 Å². The lowest BCUT2D eigenvalue weighted by Gasteiger charge is -2.26. The number of nitrogen functional groups attached to an aromatic ring is 1. The molecule has 0 aliphatic heterocycles. The first-order valence-corrected chi connectivity index (χ1v) is 6.88. The Bertz CT molecular complexity index is 459. The number of benzene rings is 1. The summed E-state index contributed by atoms with van der Waals surface area (Å²) in [5.74, 6) is 0.305. The second-order valence-corrected chi connectivity index (χ2v) is 5.47. The lowest BCUT2D eigenvalue weighted by molar-refractivity contribution is 0.0873. The molecule has 19 heavy (non-hydrogen) atoms. The molecule has 0 bridgehead atoms. The molecule has 2 unspecified atom stereocenters. The molecular weight excluding hydrogens is 240 g/mol. The van der Waals surface area contributed by atoms with Crippen LogP contribution in [0.4, 0.5) is 5.69 Å². The number of aryl methyl sites for hydroxylation is 1. The molecule has 2 atom stereocenters. The molecule has 1 aromatic rings. The van der Waals surface area contributed by atoms with Gasteiger partial charge in [-0.1, -0.05) is 12.5 Å². The molecule has 4 heteroatoms. The Morgan fingerprint density at radius 1 is 1.47 bits per heavy atom. The van der Waals surface area contributed by atoms with Crippen LogP contribution in [0.2, 0.25) is 0 Å². The largest absolute Gasteiger partial charge is 0.399 e. The Labute approximate surface area is 114 Å². The Morgan fingerprint density at radius 3 is 3.00 bits per heavy atom. The van der Waals surface area contributed by atoms with Crippen LogP contribution in [0.1, 0.15) is 41.6 Å². The van der Waals surface area contributed by atoms with Crippen LogP contribution in [0.3, 0.4) is 0 Å². The Morgan fingerprint density at radius 2 is 2.26 bits per heavy atom. The summed E-state index contributed by atoms with van der Waals surface area (Å²) in [4.78, 5) is 12.1. The molecule has 1 saturated carbocycles. The first-order valence-electron chi connectivity index (χ1n) is 6.88. The fourth-order valence-corrected chi connectivity index (χ4v) is 2.66. The number of hydrogen-bond acceptors (Lipinski definition) is 3. The summed E-state index contributed by atoms with van der Waals surface area (Å²) in [6, 6.07) is 5.36. The number of hydrogen-bond donors (Lipinski definition) is 3. The molecule has 0 aromatic heterocycles. The molecule has 0 saturated heterocycles. The van der Waals surface area contributed by atoms with Gasteiger partial charge < -0.3 is 16.2 Å². The second-order valence-electron chi connectivity index (χ2n) is 5.47. The topological polar surface area (TPSA) is 75.4 Å². The third-order valence-electron chi connectivity index (χ3n) is 3.81. The molecule has 1 aliphatic carbocycles. The van der Waals surface area contributed by atoms with Gasteiger partial charge in [-0.05, 0) is 49.8 Å². The Hall–Kier alpha value is -1.55. The van der Waals surface area contributed by atoms with Crippen molar-refractivity contribution in [2.75, 3.05) is 12.3 Å². The van der Waals surface area contributed by atoms with Crippen molar-refractivity contribution in [1.82, 2.24) is 5.32 Å². The smallest absolute Gasteiger partial charge is 0.251 e. The highest BCUT2D eigenvalue weighted by Gasteiger charge is 2.21. The third kappa shape index (κ3) is 3.70. The predicted molar refractivity (Wildman–Crippen MR) is 75.9 cm³/mol. The van der Waals surface area contributed by atoms with E-state index in [1.54, 1.807) is 12.1 Å². The van der Waals surface area contributed by atoms with Crippen molar-refractivity contribution in [2.24, 2.45) is 5.92 Å². The van der Waals surface area contributed by atoms with Crippen molar-refractivity contribution >= 4 is 11.6 Å².